The first-order chi connectivity index (χ1) is 6.27. The van der Waals surface area contributed by atoms with Crippen LogP contribution in [-0.2, 0) is 0 Å². The van der Waals surface area contributed by atoms with Crippen molar-refractivity contribution in [1.82, 2.24) is 9.88 Å². The molecule has 0 amide bonds. The second-order valence-corrected chi connectivity index (χ2v) is 3.44. The molecule has 1 aliphatic heterocycles. The van der Waals surface area contributed by atoms with Crippen LogP contribution in [0.5, 0.6) is 0 Å². The van der Waals surface area contributed by atoms with Gasteiger partial charge in [0.25, 0.3) is 0 Å². The van der Waals surface area contributed by atoms with E-state index < -0.39 is 0 Å². The Morgan fingerprint density at radius 3 is 2.92 bits per heavy atom. The minimum absolute atomic E-state index is 0.175. The van der Waals surface area contributed by atoms with E-state index in [-0.39, 0.29) is 6.17 Å². The van der Waals surface area contributed by atoms with Gasteiger partial charge in [-0.3, -0.25) is 14.9 Å². The van der Waals surface area contributed by atoms with E-state index in [1.807, 2.05) is 12.3 Å². The largest absolute Gasteiger partial charge is 0.276 e. The Morgan fingerprint density at radius 2 is 2.38 bits per heavy atom. The molecule has 1 aromatic heterocycles. The molecule has 1 unspecified atom stereocenters. The van der Waals surface area contributed by atoms with Crippen LogP contribution in [-0.4, -0.2) is 29.2 Å². The van der Waals surface area contributed by atoms with E-state index in [1.165, 1.54) is 11.3 Å². The van der Waals surface area contributed by atoms with Crippen molar-refractivity contribution in [3.05, 3.63) is 30.1 Å². The van der Waals surface area contributed by atoms with Gasteiger partial charge in [0.15, 0.2) is 0 Å². The van der Waals surface area contributed by atoms with Crippen molar-refractivity contribution in [2.24, 2.45) is 4.99 Å². The molecule has 0 aromatic carbocycles. The summed E-state index contributed by atoms with van der Waals surface area (Å²) >= 11 is 0. The minimum Gasteiger partial charge on any atom is -0.276 e. The maximum Gasteiger partial charge on any atom is 0.129 e. The molecule has 3 nitrogen and oxygen atoms in total. The highest BCUT2D eigenvalue weighted by Crippen LogP contribution is 2.24. The van der Waals surface area contributed by atoms with E-state index in [2.05, 4.69) is 34.9 Å². The van der Waals surface area contributed by atoms with Crippen LogP contribution in [0.25, 0.3) is 0 Å². The summed E-state index contributed by atoms with van der Waals surface area (Å²) in [5, 5.41) is 0. The van der Waals surface area contributed by atoms with Crippen molar-refractivity contribution in [2.45, 2.75) is 13.1 Å². The summed E-state index contributed by atoms with van der Waals surface area (Å²) in [6, 6.07) is 4.02. The topological polar surface area (TPSA) is 28.5 Å². The Kier molecular flexibility index (Phi) is 2.10. The molecule has 0 fully saturated rings. The maximum absolute atomic E-state index is 4.54. The standard InChI is InChI=1S/C10H13N3/c1-8-7-13(2)10(12-8)9-4-3-5-11-6-9/h3-6,10H,7H2,1-2H3. The molecule has 0 saturated carbocycles. The van der Waals surface area contributed by atoms with Crippen LogP contribution in [0.4, 0.5) is 0 Å². The lowest BCUT2D eigenvalue weighted by molar-refractivity contribution is 0.312. The van der Waals surface area contributed by atoms with Gasteiger partial charge >= 0.3 is 0 Å². The van der Waals surface area contributed by atoms with Gasteiger partial charge in [-0.25, -0.2) is 0 Å². The Morgan fingerprint density at radius 1 is 1.54 bits per heavy atom. The maximum atomic E-state index is 4.54. The SMILES string of the molecule is CC1=NC(c2cccnc2)N(C)C1. The number of rotatable bonds is 1. The highest BCUT2D eigenvalue weighted by atomic mass is 15.3. The molecule has 1 aliphatic rings. The molecule has 68 valence electrons. The molecule has 0 aliphatic carbocycles. The lowest BCUT2D eigenvalue weighted by Crippen LogP contribution is -2.20. The molecule has 1 aromatic rings. The first kappa shape index (κ1) is 8.38. The third kappa shape index (κ3) is 1.60. The fraction of sp³-hybridized carbons (Fsp3) is 0.400. The molecule has 0 spiro atoms. The fourth-order valence-electron chi connectivity index (χ4n) is 1.65. The summed E-state index contributed by atoms with van der Waals surface area (Å²) in [4.78, 5) is 10.8. The number of aliphatic imine (C=N–C) groups is 1. The zero-order valence-electron chi connectivity index (χ0n) is 7.94. The first-order valence-electron chi connectivity index (χ1n) is 4.41. The Hall–Kier alpha value is -1.22. The predicted molar refractivity (Wildman–Crippen MR) is 52.7 cm³/mol. The number of hydrogen-bond donors (Lipinski definition) is 0. The summed E-state index contributed by atoms with van der Waals surface area (Å²) in [7, 11) is 2.08. The van der Waals surface area contributed by atoms with E-state index in [1.54, 1.807) is 6.20 Å². The minimum atomic E-state index is 0.175. The number of hydrogen-bond acceptors (Lipinski definition) is 3. The summed E-state index contributed by atoms with van der Waals surface area (Å²) in [5.74, 6) is 0. The number of nitrogens with zero attached hydrogens (tertiary/aromatic N) is 3. The van der Waals surface area contributed by atoms with E-state index in [0.29, 0.717) is 0 Å². The summed E-state index contributed by atoms with van der Waals surface area (Å²) < 4.78 is 0. The Bertz CT molecular complexity index is 318. The number of pyridine rings is 1. The molecule has 0 saturated heterocycles. The highest BCUT2D eigenvalue weighted by Gasteiger charge is 2.21. The van der Waals surface area contributed by atoms with Crippen LogP contribution < -0.4 is 0 Å². The molecule has 0 bridgehead atoms. The van der Waals surface area contributed by atoms with Gasteiger partial charge in [0.05, 0.1) is 0 Å². The van der Waals surface area contributed by atoms with Crippen molar-refractivity contribution in [3.8, 4) is 0 Å². The van der Waals surface area contributed by atoms with Crippen molar-refractivity contribution in [3.63, 3.8) is 0 Å². The van der Waals surface area contributed by atoms with Crippen LogP contribution in [0.3, 0.4) is 0 Å². The van der Waals surface area contributed by atoms with Gasteiger partial charge in [-0.15, -0.1) is 0 Å². The van der Waals surface area contributed by atoms with Crippen LogP contribution in [0.1, 0.15) is 18.7 Å². The van der Waals surface area contributed by atoms with Gasteiger partial charge in [-0.05, 0) is 20.0 Å². The molecule has 2 heterocycles. The van der Waals surface area contributed by atoms with Crippen LogP contribution in [0, 0.1) is 0 Å². The van der Waals surface area contributed by atoms with Crippen molar-refractivity contribution in [2.75, 3.05) is 13.6 Å². The fourth-order valence-corrected chi connectivity index (χ4v) is 1.65. The molecule has 13 heavy (non-hydrogen) atoms. The van der Waals surface area contributed by atoms with Gasteiger partial charge in [-0.2, -0.15) is 0 Å². The lowest BCUT2D eigenvalue weighted by atomic mass is 10.2. The Labute approximate surface area is 78.1 Å². The molecule has 0 radical (unpaired) electrons. The lowest BCUT2D eigenvalue weighted by Gasteiger charge is -2.16. The molecule has 1 atom stereocenters. The van der Waals surface area contributed by atoms with Crippen molar-refractivity contribution < 1.29 is 0 Å². The van der Waals surface area contributed by atoms with Gasteiger partial charge in [0.1, 0.15) is 6.17 Å². The zero-order chi connectivity index (χ0) is 9.26. The van der Waals surface area contributed by atoms with Crippen LogP contribution in [0.15, 0.2) is 29.5 Å². The zero-order valence-corrected chi connectivity index (χ0v) is 7.94. The summed E-state index contributed by atoms with van der Waals surface area (Å²) in [6.45, 7) is 3.02. The average molecular weight is 175 g/mol. The summed E-state index contributed by atoms with van der Waals surface area (Å²) in [6.07, 6.45) is 3.84. The highest BCUT2D eigenvalue weighted by molar-refractivity contribution is 5.85. The van der Waals surface area contributed by atoms with Crippen molar-refractivity contribution in [1.29, 1.82) is 0 Å². The third-order valence-electron chi connectivity index (χ3n) is 2.22. The van der Waals surface area contributed by atoms with E-state index in [4.69, 9.17) is 0 Å². The van der Waals surface area contributed by atoms with Crippen LogP contribution in [0.2, 0.25) is 0 Å². The normalized spacial score (nSPS) is 23.2. The summed E-state index contributed by atoms with van der Waals surface area (Å²) in [5.41, 5.74) is 2.36. The molecule has 0 N–H and O–H groups in total. The average Bonchev–Trinajstić information content (AvgIpc) is 2.47. The second kappa shape index (κ2) is 3.26. The van der Waals surface area contributed by atoms with Gasteiger partial charge in [0.2, 0.25) is 0 Å². The van der Waals surface area contributed by atoms with Gasteiger partial charge in [-0.1, -0.05) is 6.07 Å². The molecule has 2 rings (SSSR count). The second-order valence-electron chi connectivity index (χ2n) is 3.44. The first-order valence-corrected chi connectivity index (χ1v) is 4.41. The van der Waals surface area contributed by atoms with E-state index >= 15 is 0 Å². The molecular formula is C10H13N3. The third-order valence-corrected chi connectivity index (χ3v) is 2.22. The smallest absolute Gasteiger partial charge is 0.129 e. The quantitative estimate of drug-likeness (QED) is 0.647. The Balaban J connectivity index is 2.27. The van der Waals surface area contributed by atoms with E-state index in [0.717, 1.165) is 6.54 Å². The predicted octanol–water partition coefficient (Wildman–Crippen LogP) is 1.49. The molecule has 3 heteroatoms. The van der Waals surface area contributed by atoms with Gasteiger partial charge in [0, 0.05) is 30.2 Å². The monoisotopic (exact) mass is 175 g/mol. The van der Waals surface area contributed by atoms with Crippen molar-refractivity contribution >= 4 is 5.71 Å². The molecular weight excluding hydrogens is 162 g/mol. The van der Waals surface area contributed by atoms with E-state index in [9.17, 15) is 0 Å². The van der Waals surface area contributed by atoms with Crippen LogP contribution >= 0.6 is 0 Å². The number of aromatic nitrogens is 1. The van der Waals surface area contributed by atoms with Gasteiger partial charge < -0.3 is 0 Å².